The molecule has 0 aliphatic carbocycles. The van der Waals surface area contributed by atoms with Crippen LogP contribution < -0.4 is 16.0 Å². The fourth-order valence-corrected chi connectivity index (χ4v) is 3.52. The first-order valence-electron chi connectivity index (χ1n) is 5.42. The highest BCUT2D eigenvalue weighted by Gasteiger charge is 2.29. The normalized spacial score (nSPS) is 13.0. The standard InChI is InChI=1S/C10H9N3O6S2/c14-8-6(4-11-10(17)12-8)21(18,19)13-7(9(15)16)5-2-1-3-20-5/h1-4,7,13H,(H,15,16)(H2,11,12,14,17). The van der Waals surface area contributed by atoms with Crippen molar-refractivity contribution >= 4 is 27.3 Å². The van der Waals surface area contributed by atoms with E-state index in [1.165, 1.54) is 6.07 Å². The number of thiophene rings is 1. The zero-order chi connectivity index (χ0) is 15.6. The summed E-state index contributed by atoms with van der Waals surface area (Å²) in [5.41, 5.74) is -2.01. The molecule has 21 heavy (non-hydrogen) atoms. The van der Waals surface area contributed by atoms with Crippen LogP contribution in [0, 0.1) is 0 Å². The number of rotatable bonds is 5. The molecule has 0 amide bonds. The van der Waals surface area contributed by atoms with E-state index in [4.69, 9.17) is 5.11 Å². The van der Waals surface area contributed by atoms with Gasteiger partial charge >= 0.3 is 11.7 Å². The van der Waals surface area contributed by atoms with Crippen LogP contribution in [0.3, 0.4) is 0 Å². The van der Waals surface area contributed by atoms with Crippen molar-refractivity contribution in [2.45, 2.75) is 10.9 Å². The number of hydrogen-bond acceptors (Lipinski definition) is 6. The molecule has 0 aliphatic rings. The van der Waals surface area contributed by atoms with Crippen molar-refractivity contribution in [2.75, 3.05) is 0 Å². The SMILES string of the molecule is O=C(O)C(NS(=O)(=O)c1c[nH]c(=O)[nH]c1=O)c1cccs1. The predicted octanol–water partition coefficient (Wildman–Crippen LogP) is -0.771. The summed E-state index contributed by atoms with van der Waals surface area (Å²) in [5, 5.41) is 10.7. The molecule has 2 aromatic heterocycles. The minimum Gasteiger partial charge on any atom is -0.480 e. The number of sulfonamides is 1. The number of aromatic amines is 2. The van der Waals surface area contributed by atoms with Gasteiger partial charge in [-0.2, -0.15) is 4.72 Å². The third kappa shape index (κ3) is 3.26. The van der Waals surface area contributed by atoms with Crippen molar-refractivity contribution in [3.05, 3.63) is 49.4 Å². The Labute approximate surface area is 121 Å². The van der Waals surface area contributed by atoms with Crippen LogP contribution in [0.25, 0.3) is 0 Å². The van der Waals surface area contributed by atoms with Gasteiger partial charge in [-0.15, -0.1) is 11.3 Å². The highest BCUT2D eigenvalue weighted by molar-refractivity contribution is 7.89. The third-order valence-corrected chi connectivity index (χ3v) is 4.79. The summed E-state index contributed by atoms with van der Waals surface area (Å²) in [6, 6.07) is 1.49. The quantitative estimate of drug-likeness (QED) is 0.565. The Morgan fingerprint density at radius 3 is 2.62 bits per heavy atom. The van der Waals surface area contributed by atoms with E-state index >= 15 is 0 Å². The van der Waals surface area contributed by atoms with Crippen LogP contribution in [0.5, 0.6) is 0 Å². The second-order valence-corrected chi connectivity index (χ2v) is 6.51. The molecule has 2 aromatic rings. The number of aliphatic carboxylic acids is 1. The topological polar surface area (TPSA) is 149 Å². The summed E-state index contributed by atoms with van der Waals surface area (Å²) >= 11 is 1.05. The molecule has 2 heterocycles. The van der Waals surface area contributed by atoms with Crippen LogP contribution in [-0.2, 0) is 14.8 Å². The van der Waals surface area contributed by atoms with Crippen LogP contribution in [0.2, 0.25) is 0 Å². The van der Waals surface area contributed by atoms with Crippen molar-refractivity contribution in [2.24, 2.45) is 0 Å². The lowest BCUT2D eigenvalue weighted by molar-refractivity contribution is -0.139. The van der Waals surface area contributed by atoms with E-state index in [0.717, 1.165) is 11.3 Å². The smallest absolute Gasteiger partial charge is 0.327 e. The summed E-state index contributed by atoms with van der Waals surface area (Å²) in [6.07, 6.45) is 0.705. The number of carboxylic acid groups (broad SMARTS) is 1. The Hall–Kier alpha value is -2.24. The monoisotopic (exact) mass is 331 g/mol. The van der Waals surface area contributed by atoms with E-state index in [0.29, 0.717) is 6.20 Å². The van der Waals surface area contributed by atoms with E-state index in [9.17, 15) is 22.8 Å². The summed E-state index contributed by atoms with van der Waals surface area (Å²) in [6.45, 7) is 0. The molecule has 0 aromatic carbocycles. The zero-order valence-corrected chi connectivity index (χ0v) is 11.8. The number of aromatic nitrogens is 2. The van der Waals surface area contributed by atoms with Crippen molar-refractivity contribution in [1.82, 2.24) is 14.7 Å². The molecular weight excluding hydrogens is 322 g/mol. The van der Waals surface area contributed by atoms with Gasteiger partial charge in [0.25, 0.3) is 5.56 Å². The van der Waals surface area contributed by atoms with Crippen LogP contribution in [-0.4, -0.2) is 29.5 Å². The van der Waals surface area contributed by atoms with E-state index in [1.807, 2.05) is 9.71 Å². The fraction of sp³-hybridized carbons (Fsp3) is 0.100. The van der Waals surface area contributed by atoms with E-state index in [2.05, 4.69) is 0 Å². The largest absolute Gasteiger partial charge is 0.480 e. The van der Waals surface area contributed by atoms with Gasteiger partial charge in [-0.1, -0.05) is 6.07 Å². The number of hydrogen-bond donors (Lipinski definition) is 4. The van der Waals surface area contributed by atoms with Gasteiger partial charge in [0.15, 0.2) is 10.9 Å². The van der Waals surface area contributed by atoms with E-state index < -0.39 is 38.2 Å². The first kappa shape index (κ1) is 15.2. The molecule has 0 aliphatic heterocycles. The Morgan fingerprint density at radius 2 is 2.10 bits per heavy atom. The summed E-state index contributed by atoms with van der Waals surface area (Å²) in [5.74, 6) is -1.41. The second kappa shape index (κ2) is 5.63. The molecule has 1 unspecified atom stereocenters. The molecule has 0 spiro atoms. The molecule has 2 rings (SSSR count). The van der Waals surface area contributed by atoms with Gasteiger partial charge < -0.3 is 10.1 Å². The highest BCUT2D eigenvalue weighted by Crippen LogP contribution is 2.20. The Bertz CT molecular complexity index is 865. The number of H-pyrrole nitrogens is 2. The molecular formula is C10H9N3O6S2. The lowest BCUT2D eigenvalue weighted by Crippen LogP contribution is -2.37. The van der Waals surface area contributed by atoms with Gasteiger partial charge in [0, 0.05) is 11.1 Å². The molecule has 11 heteroatoms. The zero-order valence-electron chi connectivity index (χ0n) is 10.2. The summed E-state index contributed by atoms with van der Waals surface area (Å²) in [4.78, 5) is 36.8. The molecule has 0 fully saturated rings. The first-order chi connectivity index (χ1) is 9.81. The molecule has 0 saturated heterocycles. The Morgan fingerprint density at radius 1 is 1.38 bits per heavy atom. The first-order valence-corrected chi connectivity index (χ1v) is 7.78. The van der Waals surface area contributed by atoms with E-state index in [-0.39, 0.29) is 4.88 Å². The van der Waals surface area contributed by atoms with Gasteiger partial charge in [-0.25, -0.2) is 13.2 Å². The van der Waals surface area contributed by atoms with Gasteiger partial charge in [0.2, 0.25) is 10.0 Å². The maximum atomic E-state index is 12.1. The molecule has 9 nitrogen and oxygen atoms in total. The lowest BCUT2D eigenvalue weighted by atomic mass is 10.3. The summed E-state index contributed by atoms with van der Waals surface area (Å²) in [7, 11) is -4.42. The molecule has 0 bridgehead atoms. The molecule has 4 N–H and O–H groups in total. The minimum absolute atomic E-state index is 0.256. The number of nitrogens with one attached hydrogen (secondary N) is 3. The van der Waals surface area contributed by atoms with Crippen LogP contribution >= 0.6 is 11.3 Å². The maximum Gasteiger partial charge on any atom is 0.327 e. The van der Waals surface area contributed by atoms with Gasteiger partial charge in [-0.05, 0) is 11.4 Å². The molecule has 112 valence electrons. The maximum absolute atomic E-state index is 12.1. The van der Waals surface area contributed by atoms with Crippen LogP contribution in [0.4, 0.5) is 0 Å². The van der Waals surface area contributed by atoms with Crippen molar-refractivity contribution < 1.29 is 18.3 Å². The van der Waals surface area contributed by atoms with Gasteiger partial charge in [0.05, 0.1) is 0 Å². The lowest BCUT2D eigenvalue weighted by Gasteiger charge is -2.12. The summed E-state index contributed by atoms with van der Waals surface area (Å²) < 4.78 is 26.0. The number of carbonyl (C=O) groups is 1. The average Bonchev–Trinajstić information content (AvgIpc) is 2.88. The molecule has 0 saturated carbocycles. The second-order valence-electron chi connectivity index (χ2n) is 3.84. The minimum atomic E-state index is -4.42. The number of carboxylic acids is 1. The van der Waals surface area contributed by atoms with Crippen LogP contribution in [0.15, 0.2) is 38.2 Å². The third-order valence-electron chi connectivity index (χ3n) is 2.42. The van der Waals surface area contributed by atoms with Gasteiger partial charge in [-0.3, -0.25) is 14.6 Å². The Kier molecular flexibility index (Phi) is 4.06. The highest BCUT2D eigenvalue weighted by atomic mass is 32.2. The Balaban J connectivity index is 2.42. The van der Waals surface area contributed by atoms with E-state index in [1.54, 1.807) is 16.4 Å². The van der Waals surface area contributed by atoms with Crippen molar-refractivity contribution in [3.8, 4) is 0 Å². The van der Waals surface area contributed by atoms with Crippen LogP contribution in [0.1, 0.15) is 10.9 Å². The average molecular weight is 331 g/mol. The van der Waals surface area contributed by atoms with Crippen molar-refractivity contribution in [1.29, 1.82) is 0 Å². The fourth-order valence-electron chi connectivity index (χ4n) is 1.50. The molecule has 0 radical (unpaired) electrons. The predicted molar refractivity (Wildman–Crippen MR) is 72.7 cm³/mol. The van der Waals surface area contributed by atoms with Gasteiger partial charge in [0.1, 0.15) is 0 Å². The molecule has 1 atom stereocenters. The van der Waals surface area contributed by atoms with Crippen molar-refractivity contribution in [3.63, 3.8) is 0 Å².